The Hall–Kier alpha value is -1.39. The van der Waals surface area contributed by atoms with Crippen molar-refractivity contribution in [1.29, 1.82) is 0 Å². The van der Waals surface area contributed by atoms with E-state index < -0.39 is 0 Å². The van der Waals surface area contributed by atoms with E-state index in [-0.39, 0.29) is 0 Å². The van der Waals surface area contributed by atoms with Crippen molar-refractivity contribution in [1.82, 2.24) is 10.3 Å². The van der Waals surface area contributed by atoms with Crippen molar-refractivity contribution in [3.63, 3.8) is 0 Å². The summed E-state index contributed by atoms with van der Waals surface area (Å²) in [5, 5.41) is 4.58. The average Bonchev–Trinajstić information content (AvgIpc) is 2.87. The highest BCUT2D eigenvalue weighted by atomic mass is 32.1. The average molecular weight is 289 g/mol. The van der Waals surface area contributed by atoms with Crippen molar-refractivity contribution in [3.8, 4) is 0 Å². The minimum absolute atomic E-state index is 0.366. The molecule has 0 aliphatic rings. The summed E-state index contributed by atoms with van der Waals surface area (Å²) in [6.45, 7) is 7.54. The zero-order chi connectivity index (χ0) is 14.5. The van der Waals surface area contributed by atoms with E-state index in [0.717, 1.165) is 23.8 Å². The highest BCUT2D eigenvalue weighted by molar-refractivity contribution is 7.15. The number of thiazole rings is 1. The summed E-state index contributed by atoms with van der Waals surface area (Å²) in [5.41, 5.74) is 2.30. The van der Waals surface area contributed by atoms with Crippen molar-refractivity contribution in [2.45, 2.75) is 33.2 Å². The fraction of sp³-hybridized carbons (Fsp3) is 0.438. The number of aryl methyl sites for hydroxylation is 1. The minimum atomic E-state index is 0.366. The van der Waals surface area contributed by atoms with E-state index in [9.17, 15) is 0 Å². The molecule has 0 aliphatic heterocycles. The smallest absolute Gasteiger partial charge is 0.190 e. The Morgan fingerprint density at radius 2 is 2.00 bits per heavy atom. The van der Waals surface area contributed by atoms with Gasteiger partial charge in [-0.25, -0.2) is 4.98 Å². The lowest BCUT2D eigenvalue weighted by Crippen LogP contribution is -2.18. The molecule has 1 aromatic heterocycles. The topological polar surface area (TPSA) is 28.2 Å². The van der Waals surface area contributed by atoms with Crippen LogP contribution in [0.1, 0.15) is 36.9 Å². The maximum atomic E-state index is 4.72. The summed E-state index contributed by atoms with van der Waals surface area (Å²) in [4.78, 5) is 8.20. The first-order valence-corrected chi connectivity index (χ1v) is 7.94. The van der Waals surface area contributed by atoms with E-state index in [1.165, 1.54) is 10.6 Å². The fourth-order valence-corrected chi connectivity index (χ4v) is 3.23. The molecule has 0 spiro atoms. The second kappa shape index (κ2) is 6.86. The number of benzene rings is 1. The van der Waals surface area contributed by atoms with Crippen LogP contribution in [-0.2, 0) is 0 Å². The van der Waals surface area contributed by atoms with E-state index in [4.69, 9.17) is 4.98 Å². The molecule has 1 unspecified atom stereocenters. The Balaban J connectivity index is 2.18. The van der Waals surface area contributed by atoms with Gasteiger partial charge in [0.25, 0.3) is 0 Å². The molecule has 0 fully saturated rings. The fourth-order valence-electron chi connectivity index (χ4n) is 2.15. The van der Waals surface area contributed by atoms with Gasteiger partial charge in [0.05, 0.1) is 5.69 Å². The zero-order valence-electron chi connectivity index (χ0n) is 12.7. The quantitative estimate of drug-likeness (QED) is 0.860. The molecule has 0 saturated heterocycles. The van der Waals surface area contributed by atoms with Gasteiger partial charge in [-0.2, -0.15) is 0 Å². The first kappa shape index (κ1) is 15.0. The molecule has 0 aliphatic carbocycles. The van der Waals surface area contributed by atoms with E-state index in [1.807, 2.05) is 6.07 Å². The van der Waals surface area contributed by atoms with Crippen LogP contribution < -0.4 is 10.2 Å². The summed E-state index contributed by atoms with van der Waals surface area (Å²) < 4.78 is 0. The number of hydrogen-bond acceptors (Lipinski definition) is 4. The highest BCUT2D eigenvalue weighted by Gasteiger charge is 2.16. The number of nitrogens with zero attached hydrogens (tertiary/aromatic N) is 2. The summed E-state index contributed by atoms with van der Waals surface area (Å²) in [6.07, 6.45) is 1.15. The van der Waals surface area contributed by atoms with E-state index in [2.05, 4.69) is 62.3 Å². The number of anilines is 2. The van der Waals surface area contributed by atoms with Crippen LogP contribution in [0.4, 0.5) is 10.8 Å². The molecule has 0 amide bonds. The van der Waals surface area contributed by atoms with Gasteiger partial charge in [0.1, 0.15) is 0 Å². The van der Waals surface area contributed by atoms with Crippen molar-refractivity contribution < 1.29 is 0 Å². The molecule has 0 radical (unpaired) electrons. The second-order valence-electron chi connectivity index (χ2n) is 5.02. The van der Waals surface area contributed by atoms with Gasteiger partial charge in [-0.05, 0) is 38.9 Å². The van der Waals surface area contributed by atoms with Gasteiger partial charge in [-0.3, -0.25) is 0 Å². The highest BCUT2D eigenvalue weighted by Crippen LogP contribution is 2.33. The van der Waals surface area contributed by atoms with Gasteiger partial charge in [-0.1, -0.05) is 36.5 Å². The molecule has 1 N–H and O–H groups in total. The van der Waals surface area contributed by atoms with Crippen LogP contribution in [0.25, 0.3) is 0 Å². The second-order valence-corrected chi connectivity index (χ2v) is 6.03. The first-order chi connectivity index (χ1) is 9.63. The maximum Gasteiger partial charge on any atom is 0.190 e. The van der Waals surface area contributed by atoms with Crippen molar-refractivity contribution >= 4 is 22.2 Å². The number of rotatable bonds is 6. The Morgan fingerprint density at radius 3 is 2.65 bits per heavy atom. The van der Waals surface area contributed by atoms with Gasteiger partial charge in [0, 0.05) is 23.7 Å². The maximum absolute atomic E-state index is 4.72. The lowest BCUT2D eigenvalue weighted by Gasteiger charge is -2.15. The van der Waals surface area contributed by atoms with Crippen LogP contribution in [0.5, 0.6) is 0 Å². The Kier molecular flexibility index (Phi) is 5.15. The minimum Gasteiger partial charge on any atom is -0.321 e. The largest absolute Gasteiger partial charge is 0.321 e. The van der Waals surface area contributed by atoms with Crippen molar-refractivity contribution in [2.24, 2.45) is 0 Å². The van der Waals surface area contributed by atoms with Gasteiger partial charge in [0.15, 0.2) is 5.13 Å². The van der Waals surface area contributed by atoms with Gasteiger partial charge in [0.2, 0.25) is 0 Å². The van der Waals surface area contributed by atoms with Crippen molar-refractivity contribution in [3.05, 3.63) is 40.9 Å². The predicted octanol–water partition coefficient (Wildman–Crippen LogP) is 4.28. The molecule has 1 atom stereocenters. The summed E-state index contributed by atoms with van der Waals surface area (Å²) in [6, 6.07) is 10.7. The van der Waals surface area contributed by atoms with Crippen LogP contribution in [-0.4, -0.2) is 18.6 Å². The molecule has 1 heterocycles. The molecule has 2 rings (SSSR count). The van der Waals surface area contributed by atoms with Gasteiger partial charge in [-0.15, -0.1) is 0 Å². The van der Waals surface area contributed by atoms with Crippen LogP contribution in [0.2, 0.25) is 0 Å². The lowest BCUT2D eigenvalue weighted by molar-refractivity contribution is 0.575. The van der Waals surface area contributed by atoms with E-state index in [1.54, 1.807) is 11.3 Å². The Bertz CT molecular complexity index is 536. The number of para-hydroxylation sites is 1. The van der Waals surface area contributed by atoms with E-state index in [0.29, 0.717) is 6.04 Å². The number of aromatic nitrogens is 1. The molecular weight excluding hydrogens is 266 g/mol. The molecule has 4 heteroatoms. The third kappa shape index (κ3) is 3.38. The monoisotopic (exact) mass is 289 g/mol. The summed E-state index contributed by atoms with van der Waals surface area (Å²) in [5.74, 6) is 0. The van der Waals surface area contributed by atoms with Gasteiger partial charge >= 0.3 is 0 Å². The predicted molar refractivity (Wildman–Crippen MR) is 88.1 cm³/mol. The van der Waals surface area contributed by atoms with Crippen LogP contribution >= 0.6 is 11.3 Å². The van der Waals surface area contributed by atoms with Crippen LogP contribution in [0.15, 0.2) is 30.3 Å². The molecule has 0 saturated carbocycles. The SMILES string of the molecule is CCCNC(C)c1sc(N(C)c2ccccc2)nc1C. The molecule has 1 aromatic carbocycles. The number of nitrogens with one attached hydrogen (secondary N) is 1. The summed E-state index contributed by atoms with van der Waals surface area (Å²) in [7, 11) is 2.07. The summed E-state index contributed by atoms with van der Waals surface area (Å²) >= 11 is 1.77. The normalized spacial score (nSPS) is 12.4. The van der Waals surface area contributed by atoms with E-state index >= 15 is 0 Å². The molecule has 3 nitrogen and oxygen atoms in total. The third-order valence-electron chi connectivity index (χ3n) is 3.35. The van der Waals surface area contributed by atoms with Gasteiger partial charge < -0.3 is 10.2 Å². The van der Waals surface area contributed by atoms with Crippen LogP contribution in [0, 0.1) is 6.92 Å². The standard InChI is InChI=1S/C16H23N3S/c1-5-11-17-12(2)15-13(3)18-16(20-15)19(4)14-9-7-6-8-10-14/h6-10,12,17H,5,11H2,1-4H3. The Labute approximate surface area is 125 Å². The molecule has 2 aromatic rings. The zero-order valence-corrected chi connectivity index (χ0v) is 13.5. The first-order valence-electron chi connectivity index (χ1n) is 7.13. The number of hydrogen-bond donors (Lipinski definition) is 1. The molecule has 108 valence electrons. The molecule has 20 heavy (non-hydrogen) atoms. The molecular formula is C16H23N3S. The van der Waals surface area contributed by atoms with Crippen molar-refractivity contribution in [2.75, 3.05) is 18.5 Å². The molecule has 0 bridgehead atoms. The lowest BCUT2D eigenvalue weighted by atomic mass is 10.2. The third-order valence-corrected chi connectivity index (χ3v) is 4.76. The Morgan fingerprint density at radius 1 is 1.30 bits per heavy atom. The van der Waals surface area contributed by atoms with Crippen LogP contribution in [0.3, 0.4) is 0 Å².